The minimum atomic E-state index is 0.272. The number of nitrogens with one attached hydrogen (secondary N) is 1. The lowest BCUT2D eigenvalue weighted by Gasteiger charge is -2.19. The molecule has 0 radical (unpaired) electrons. The molecule has 0 fully saturated rings. The average Bonchev–Trinajstić information content (AvgIpc) is 2.53. The first-order valence-corrected chi connectivity index (χ1v) is 7.14. The molecule has 1 N–H and O–H groups in total. The van der Waals surface area contributed by atoms with Crippen LogP contribution in [-0.4, -0.2) is 30.2 Å². The summed E-state index contributed by atoms with van der Waals surface area (Å²) in [5.41, 5.74) is 1.88. The summed E-state index contributed by atoms with van der Waals surface area (Å²) in [5.74, 6) is 3.48. The van der Waals surface area contributed by atoms with Crippen LogP contribution in [0.1, 0.15) is 25.6 Å². The molecule has 3 rings (SSSR count). The van der Waals surface area contributed by atoms with Crippen LogP contribution in [0.4, 0.5) is 5.82 Å². The van der Waals surface area contributed by atoms with E-state index in [0.29, 0.717) is 13.2 Å². The highest BCUT2D eigenvalue weighted by Gasteiger charge is 2.14. The van der Waals surface area contributed by atoms with Crippen LogP contribution in [0.5, 0.6) is 11.5 Å². The molecule has 0 atom stereocenters. The zero-order valence-electron chi connectivity index (χ0n) is 12.5. The Hall–Kier alpha value is -2.30. The lowest BCUT2D eigenvalue weighted by molar-refractivity contribution is 0.171. The van der Waals surface area contributed by atoms with E-state index in [1.54, 1.807) is 0 Å². The number of rotatable bonds is 3. The van der Waals surface area contributed by atoms with Crippen molar-refractivity contribution >= 4 is 5.82 Å². The van der Waals surface area contributed by atoms with Gasteiger partial charge in [-0.3, -0.25) is 0 Å². The number of benzene rings is 1. The van der Waals surface area contributed by atoms with Gasteiger partial charge in [0.1, 0.15) is 24.9 Å². The van der Waals surface area contributed by atoms with Crippen LogP contribution in [-0.2, 0) is 0 Å². The third-order valence-electron chi connectivity index (χ3n) is 3.35. The van der Waals surface area contributed by atoms with E-state index in [9.17, 15) is 0 Å². The van der Waals surface area contributed by atoms with E-state index >= 15 is 0 Å². The topological polar surface area (TPSA) is 56.3 Å². The van der Waals surface area contributed by atoms with E-state index in [1.807, 2.05) is 31.3 Å². The molecule has 0 amide bonds. The molecule has 5 heteroatoms. The molecular weight excluding hydrogens is 266 g/mol. The Morgan fingerprint density at radius 1 is 1.05 bits per heavy atom. The molecule has 0 spiro atoms. The number of hydrogen-bond donors (Lipinski definition) is 1. The van der Waals surface area contributed by atoms with E-state index in [-0.39, 0.29) is 5.92 Å². The van der Waals surface area contributed by atoms with Crippen molar-refractivity contribution in [3.63, 3.8) is 0 Å². The van der Waals surface area contributed by atoms with Crippen molar-refractivity contribution in [3.05, 3.63) is 30.1 Å². The van der Waals surface area contributed by atoms with Crippen LogP contribution >= 0.6 is 0 Å². The summed E-state index contributed by atoms with van der Waals surface area (Å²) in [6, 6.07) is 7.84. The number of anilines is 1. The summed E-state index contributed by atoms with van der Waals surface area (Å²) in [5, 5.41) is 3.09. The molecular formula is C16H19N3O2. The maximum Gasteiger partial charge on any atom is 0.162 e. The maximum absolute atomic E-state index is 5.64. The quantitative estimate of drug-likeness (QED) is 0.939. The number of ether oxygens (including phenoxy) is 2. The van der Waals surface area contributed by atoms with Gasteiger partial charge in [-0.2, -0.15) is 0 Å². The van der Waals surface area contributed by atoms with Gasteiger partial charge in [0.25, 0.3) is 0 Å². The second-order valence-corrected chi connectivity index (χ2v) is 5.26. The Morgan fingerprint density at radius 3 is 2.52 bits per heavy atom. The van der Waals surface area contributed by atoms with Gasteiger partial charge in [0.05, 0.1) is 5.69 Å². The average molecular weight is 285 g/mol. The van der Waals surface area contributed by atoms with Crippen LogP contribution in [0.2, 0.25) is 0 Å². The first kappa shape index (κ1) is 13.7. The van der Waals surface area contributed by atoms with Gasteiger partial charge in [0.2, 0.25) is 0 Å². The summed E-state index contributed by atoms with van der Waals surface area (Å²) in [6.07, 6.45) is 0. The highest BCUT2D eigenvalue weighted by molar-refractivity contribution is 5.66. The van der Waals surface area contributed by atoms with Crippen LogP contribution in [0.25, 0.3) is 11.3 Å². The zero-order valence-corrected chi connectivity index (χ0v) is 12.5. The molecule has 1 aromatic carbocycles. The monoisotopic (exact) mass is 285 g/mol. The third kappa shape index (κ3) is 2.77. The normalized spacial score (nSPS) is 13.3. The van der Waals surface area contributed by atoms with Gasteiger partial charge < -0.3 is 14.8 Å². The van der Waals surface area contributed by atoms with Gasteiger partial charge in [-0.1, -0.05) is 13.8 Å². The van der Waals surface area contributed by atoms with Gasteiger partial charge in [-0.25, -0.2) is 9.97 Å². The summed E-state index contributed by atoms with van der Waals surface area (Å²) in [4.78, 5) is 9.14. The molecule has 2 heterocycles. The van der Waals surface area contributed by atoms with E-state index in [0.717, 1.165) is 34.4 Å². The Kier molecular flexibility index (Phi) is 3.64. The molecule has 1 aliphatic rings. The molecule has 0 unspecified atom stereocenters. The molecule has 0 saturated carbocycles. The molecule has 0 aliphatic carbocycles. The van der Waals surface area contributed by atoms with E-state index in [4.69, 9.17) is 9.47 Å². The van der Waals surface area contributed by atoms with E-state index in [1.165, 1.54) is 0 Å². The van der Waals surface area contributed by atoms with Gasteiger partial charge in [-0.15, -0.1) is 0 Å². The van der Waals surface area contributed by atoms with Gasteiger partial charge >= 0.3 is 0 Å². The Morgan fingerprint density at radius 2 is 1.81 bits per heavy atom. The lowest BCUT2D eigenvalue weighted by atomic mass is 10.1. The van der Waals surface area contributed by atoms with E-state index < -0.39 is 0 Å². The van der Waals surface area contributed by atoms with Crippen molar-refractivity contribution in [1.82, 2.24) is 9.97 Å². The zero-order chi connectivity index (χ0) is 14.8. The highest BCUT2D eigenvalue weighted by Crippen LogP contribution is 2.34. The van der Waals surface area contributed by atoms with Gasteiger partial charge in [0.15, 0.2) is 11.5 Å². The Balaban J connectivity index is 2.05. The lowest BCUT2D eigenvalue weighted by Crippen LogP contribution is -2.15. The molecule has 1 aromatic heterocycles. The van der Waals surface area contributed by atoms with Crippen molar-refractivity contribution in [2.75, 3.05) is 25.6 Å². The number of hydrogen-bond acceptors (Lipinski definition) is 5. The van der Waals surface area contributed by atoms with Crippen molar-refractivity contribution in [2.45, 2.75) is 19.8 Å². The van der Waals surface area contributed by atoms with Crippen molar-refractivity contribution < 1.29 is 9.47 Å². The van der Waals surface area contributed by atoms with Crippen LogP contribution < -0.4 is 14.8 Å². The molecule has 110 valence electrons. The minimum Gasteiger partial charge on any atom is -0.486 e. The SMILES string of the molecule is CNc1cc(-c2ccc3c(c2)OCCO3)nc(C(C)C)n1. The number of aromatic nitrogens is 2. The first-order valence-electron chi connectivity index (χ1n) is 7.14. The van der Waals surface area contributed by atoms with Crippen LogP contribution in [0.3, 0.4) is 0 Å². The predicted molar refractivity (Wildman–Crippen MR) is 82.1 cm³/mol. The van der Waals surface area contributed by atoms with Gasteiger partial charge in [-0.05, 0) is 18.2 Å². The largest absolute Gasteiger partial charge is 0.486 e. The van der Waals surface area contributed by atoms with Gasteiger partial charge in [0, 0.05) is 24.6 Å². The summed E-state index contributed by atoms with van der Waals surface area (Å²) in [7, 11) is 1.86. The third-order valence-corrected chi connectivity index (χ3v) is 3.35. The fourth-order valence-corrected chi connectivity index (χ4v) is 2.20. The molecule has 1 aliphatic heterocycles. The fourth-order valence-electron chi connectivity index (χ4n) is 2.20. The van der Waals surface area contributed by atoms with Crippen LogP contribution in [0.15, 0.2) is 24.3 Å². The molecule has 0 saturated heterocycles. The summed E-state index contributed by atoms with van der Waals surface area (Å²) >= 11 is 0. The van der Waals surface area contributed by atoms with Crippen LogP contribution in [0, 0.1) is 0 Å². The Bertz CT molecular complexity index is 656. The highest BCUT2D eigenvalue weighted by atomic mass is 16.6. The first-order chi connectivity index (χ1) is 10.2. The second kappa shape index (κ2) is 5.60. The molecule has 2 aromatic rings. The van der Waals surface area contributed by atoms with Crippen molar-refractivity contribution in [1.29, 1.82) is 0 Å². The smallest absolute Gasteiger partial charge is 0.162 e. The summed E-state index contributed by atoms with van der Waals surface area (Å²) < 4.78 is 11.2. The standard InChI is InChI=1S/C16H19N3O2/c1-10(2)16-18-12(9-15(17-3)19-16)11-4-5-13-14(8-11)21-7-6-20-13/h4-5,8-10H,6-7H2,1-3H3,(H,17,18,19). The number of nitrogens with zero attached hydrogens (tertiary/aromatic N) is 2. The maximum atomic E-state index is 5.64. The van der Waals surface area contributed by atoms with E-state index in [2.05, 4.69) is 29.1 Å². The molecule has 5 nitrogen and oxygen atoms in total. The number of fused-ring (bicyclic) bond motifs is 1. The van der Waals surface area contributed by atoms with Crippen molar-refractivity contribution in [3.8, 4) is 22.8 Å². The molecule has 21 heavy (non-hydrogen) atoms. The predicted octanol–water partition coefficient (Wildman–Crippen LogP) is 3.08. The molecule has 0 bridgehead atoms. The Labute approximate surface area is 124 Å². The van der Waals surface area contributed by atoms with Crippen molar-refractivity contribution in [2.24, 2.45) is 0 Å². The second-order valence-electron chi connectivity index (χ2n) is 5.26. The summed E-state index contributed by atoms with van der Waals surface area (Å²) in [6.45, 7) is 5.35. The minimum absolute atomic E-state index is 0.272. The fraction of sp³-hybridized carbons (Fsp3) is 0.375.